The van der Waals surface area contributed by atoms with Crippen LogP contribution in [0.25, 0.3) is 0 Å². The van der Waals surface area contributed by atoms with Crippen LogP contribution in [-0.4, -0.2) is 11.9 Å². The Morgan fingerprint density at radius 1 is 1.67 bits per heavy atom. The lowest BCUT2D eigenvalue weighted by Crippen LogP contribution is -2.28. The van der Waals surface area contributed by atoms with Crippen LogP contribution < -0.4 is 5.32 Å². The normalized spacial score (nSPS) is 24.6. The van der Waals surface area contributed by atoms with Gasteiger partial charge < -0.3 is 5.32 Å². The van der Waals surface area contributed by atoms with Crippen molar-refractivity contribution >= 4 is 11.8 Å². The molecule has 0 fully saturated rings. The summed E-state index contributed by atoms with van der Waals surface area (Å²) >= 11 is 1.25. The van der Waals surface area contributed by atoms with E-state index in [0.29, 0.717) is 23.3 Å². The molecule has 2 nitrogen and oxygen atoms in total. The molecule has 0 bridgehead atoms. The average Bonchev–Trinajstić information content (AvgIpc) is 2.28. The van der Waals surface area contributed by atoms with Crippen LogP contribution >= 0.6 is 11.8 Å². The standard InChI is InChI=1S/C15H24N2S/c1-12-6-5-9-15(3,4)14(12)8-7-13(2)17-11-18-10-16/h6-8,13-14,17H,5,9,11H2,1-4H3/b8-7+. The number of nitriles is 1. The van der Waals surface area contributed by atoms with Crippen LogP contribution in [0.4, 0.5) is 0 Å². The first-order valence-electron chi connectivity index (χ1n) is 6.56. The summed E-state index contributed by atoms with van der Waals surface area (Å²) in [5, 5.41) is 13.8. The third-order valence-electron chi connectivity index (χ3n) is 3.72. The zero-order chi connectivity index (χ0) is 13.6. The van der Waals surface area contributed by atoms with Gasteiger partial charge in [-0.05, 0) is 43.9 Å². The van der Waals surface area contributed by atoms with Gasteiger partial charge in [0.25, 0.3) is 0 Å². The van der Waals surface area contributed by atoms with E-state index in [0.717, 1.165) is 0 Å². The number of hydrogen-bond acceptors (Lipinski definition) is 3. The topological polar surface area (TPSA) is 35.8 Å². The first-order valence-corrected chi connectivity index (χ1v) is 7.55. The van der Waals surface area contributed by atoms with Gasteiger partial charge in [-0.1, -0.05) is 37.6 Å². The minimum absolute atomic E-state index is 0.316. The minimum Gasteiger partial charge on any atom is -0.301 e. The Morgan fingerprint density at radius 2 is 2.39 bits per heavy atom. The van der Waals surface area contributed by atoms with Crippen molar-refractivity contribution in [3.63, 3.8) is 0 Å². The highest BCUT2D eigenvalue weighted by Gasteiger charge is 2.30. The summed E-state index contributed by atoms with van der Waals surface area (Å²) < 4.78 is 0. The molecule has 1 N–H and O–H groups in total. The van der Waals surface area contributed by atoms with Gasteiger partial charge in [0, 0.05) is 12.0 Å². The molecule has 0 heterocycles. The van der Waals surface area contributed by atoms with Gasteiger partial charge in [0.1, 0.15) is 5.40 Å². The fourth-order valence-electron chi connectivity index (χ4n) is 2.53. The Morgan fingerprint density at radius 3 is 3.00 bits per heavy atom. The van der Waals surface area contributed by atoms with Crippen molar-refractivity contribution in [1.82, 2.24) is 5.32 Å². The van der Waals surface area contributed by atoms with Gasteiger partial charge in [0.15, 0.2) is 0 Å². The fraction of sp³-hybridized carbons (Fsp3) is 0.667. The summed E-state index contributed by atoms with van der Waals surface area (Å²) in [6.07, 6.45) is 9.39. The molecule has 1 aliphatic carbocycles. The second-order valence-electron chi connectivity index (χ2n) is 5.71. The second kappa shape index (κ2) is 7.01. The number of thiocyanates is 1. The molecule has 0 aliphatic heterocycles. The zero-order valence-electron chi connectivity index (χ0n) is 11.9. The van der Waals surface area contributed by atoms with Crippen molar-refractivity contribution in [2.75, 3.05) is 5.88 Å². The quantitative estimate of drug-likeness (QED) is 0.352. The van der Waals surface area contributed by atoms with E-state index in [9.17, 15) is 0 Å². The SMILES string of the molecule is CC1=CCCC(C)(C)C1/C=C/C(C)NCSC#N. The van der Waals surface area contributed by atoms with Crippen LogP contribution in [0.15, 0.2) is 23.8 Å². The molecular weight excluding hydrogens is 240 g/mol. The van der Waals surface area contributed by atoms with Crippen LogP contribution in [-0.2, 0) is 0 Å². The Labute approximate surface area is 116 Å². The Kier molecular flexibility index (Phi) is 5.98. The van der Waals surface area contributed by atoms with E-state index < -0.39 is 0 Å². The summed E-state index contributed by atoms with van der Waals surface area (Å²) in [6, 6.07) is 0.316. The molecule has 0 spiro atoms. The van der Waals surface area contributed by atoms with Crippen LogP contribution in [0.2, 0.25) is 0 Å². The average molecular weight is 264 g/mol. The number of thioether (sulfide) groups is 1. The monoisotopic (exact) mass is 264 g/mol. The van der Waals surface area contributed by atoms with Crippen LogP contribution in [0.5, 0.6) is 0 Å². The first kappa shape index (κ1) is 15.3. The largest absolute Gasteiger partial charge is 0.301 e. The predicted octanol–water partition coefficient (Wildman–Crippen LogP) is 4.07. The van der Waals surface area contributed by atoms with E-state index in [-0.39, 0.29) is 0 Å². The molecule has 0 saturated carbocycles. The number of nitrogens with zero attached hydrogens (tertiary/aromatic N) is 1. The third kappa shape index (κ3) is 4.51. The summed E-state index contributed by atoms with van der Waals surface area (Å²) in [7, 11) is 0. The van der Waals surface area contributed by atoms with Gasteiger partial charge in [-0.15, -0.1) is 0 Å². The van der Waals surface area contributed by atoms with Crippen molar-refractivity contribution in [2.45, 2.75) is 46.6 Å². The minimum atomic E-state index is 0.316. The smallest absolute Gasteiger partial charge is 0.134 e. The molecule has 1 rings (SSSR count). The number of nitrogens with one attached hydrogen (secondary N) is 1. The molecule has 0 aromatic carbocycles. The van der Waals surface area contributed by atoms with Crippen LogP contribution in [0.3, 0.4) is 0 Å². The summed E-state index contributed by atoms with van der Waals surface area (Å²) in [6.45, 7) is 9.06. The van der Waals surface area contributed by atoms with Crippen molar-refractivity contribution in [2.24, 2.45) is 11.3 Å². The highest BCUT2D eigenvalue weighted by molar-refractivity contribution is 8.03. The zero-order valence-corrected chi connectivity index (χ0v) is 12.7. The third-order valence-corrected chi connectivity index (χ3v) is 4.16. The number of allylic oxidation sites excluding steroid dienone is 3. The van der Waals surface area contributed by atoms with E-state index in [1.807, 2.05) is 0 Å². The first-order chi connectivity index (χ1) is 8.47. The van der Waals surface area contributed by atoms with Gasteiger partial charge in [0.2, 0.25) is 0 Å². The molecule has 18 heavy (non-hydrogen) atoms. The summed E-state index contributed by atoms with van der Waals surface area (Å²) in [5.41, 5.74) is 1.84. The molecule has 2 unspecified atom stereocenters. The van der Waals surface area contributed by atoms with Gasteiger partial charge in [-0.25, -0.2) is 0 Å². The lowest BCUT2D eigenvalue weighted by molar-refractivity contribution is 0.255. The van der Waals surface area contributed by atoms with E-state index in [1.54, 1.807) is 0 Å². The Balaban J connectivity index is 2.56. The van der Waals surface area contributed by atoms with Crippen molar-refractivity contribution < 1.29 is 0 Å². The Bertz CT molecular complexity index is 363. The van der Waals surface area contributed by atoms with E-state index >= 15 is 0 Å². The lowest BCUT2D eigenvalue weighted by atomic mass is 9.68. The summed E-state index contributed by atoms with van der Waals surface area (Å²) in [4.78, 5) is 0. The van der Waals surface area contributed by atoms with Gasteiger partial charge in [-0.2, -0.15) is 5.26 Å². The molecule has 0 radical (unpaired) electrons. The maximum absolute atomic E-state index is 8.46. The molecule has 100 valence electrons. The van der Waals surface area contributed by atoms with Crippen molar-refractivity contribution in [1.29, 1.82) is 5.26 Å². The molecule has 3 heteroatoms. The van der Waals surface area contributed by atoms with Gasteiger partial charge >= 0.3 is 0 Å². The number of rotatable bonds is 5. The number of hydrogen-bond donors (Lipinski definition) is 1. The van der Waals surface area contributed by atoms with Gasteiger partial charge in [-0.3, -0.25) is 0 Å². The van der Waals surface area contributed by atoms with Crippen LogP contribution in [0.1, 0.15) is 40.5 Å². The molecule has 2 atom stereocenters. The Hall–Kier alpha value is -0.720. The summed E-state index contributed by atoms with van der Waals surface area (Å²) in [5.74, 6) is 1.23. The molecule has 1 aliphatic rings. The lowest BCUT2D eigenvalue weighted by Gasteiger charge is -2.36. The highest BCUT2D eigenvalue weighted by atomic mass is 32.2. The van der Waals surface area contributed by atoms with Crippen LogP contribution in [0, 0.1) is 22.0 Å². The second-order valence-corrected chi connectivity index (χ2v) is 6.47. The maximum Gasteiger partial charge on any atom is 0.134 e. The molecule has 0 aromatic rings. The van der Waals surface area contributed by atoms with Crippen molar-refractivity contribution in [3.8, 4) is 5.40 Å². The fourth-order valence-corrected chi connectivity index (χ4v) is 2.94. The molecule has 0 aromatic heterocycles. The van der Waals surface area contributed by atoms with E-state index in [1.165, 1.54) is 30.2 Å². The van der Waals surface area contributed by atoms with E-state index in [2.05, 4.69) is 56.6 Å². The molecule has 0 amide bonds. The predicted molar refractivity (Wildman–Crippen MR) is 80.1 cm³/mol. The van der Waals surface area contributed by atoms with Crippen molar-refractivity contribution in [3.05, 3.63) is 23.8 Å². The molecule has 0 saturated heterocycles. The van der Waals surface area contributed by atoms with E-state index in [4.69, 9.17) is 5.26 Å². The van der Waals surface area contributed by atoms with Gasteiger partial charge in [0.05, 0.1) is 5.88 Å². The maximum atomic E-state index is 8.46. The highest BCUT2D eigenvalue weighted by Crippen LogP contribution is 2.41. The molecular formula is C15H24N2S.